The second kappa shape index (κ2) is 19.1. The van der Waals surface area contributed by atoms with E-state index in [4.69, 9.17) is 52.7 Å². The Balaban J connectivity index is 2.83. The molecule has 284 valence electrons. The minimum Gasteiger partial charge on any atom is -0.463 e. The number of hydrogen-bond donors (Lipinski definition) is 2. The van der Waals surface area contributed by atoms with E-state index >= 15 is 0 Å². The van der Waals surface area contributed by atoms with Crippen LogP contribution in [0.5, 0.6) is 0 Å². The highest BCUT2D eigenvalue weighted by molar-refractivity contribution is 7.53. The van der Waals surface area contributed by atoms with Crippen molar-refractivity contribution in [3.05, 3.63) is 0 Å². The number of nitrogens with one attached hydrogen (secondary N) is 1. The van der Waals surface area contributed by atoms with E-state index in [1.807, 2.05) is 0 Å². The van der Waals surface area contributed by atoms with Gasteiger partial charge in [-0.15, -0.1) is 0 Å². The van der Waals surface area contributed by atoms with Crippen molar-refractivity contribution in [2.24, 2.45) is 5.73 Å². The fraction of sp³-hybridized carbons (Fsp3) is 0.759. The van der Waals surface area contributed by atoms with Crippen molar-refractivity contribution in [3.8, 4) is 0 Å². The Labute approximate surface area is 288 Å². The van der Waals surface area contributed by atoms with Gasteiger partial charge in [0.15, 0.2) is 36.8 Å². The van der Waals surface area contributed by atoms with Crippen LogP contribution in [-0.2, 0) is 85.1 Å². The quantitative estimate of drug-likeness (QED) is 0.114. The molecule has 2 heterocycles. The Morgan fingerprint density at radius 1 is 0.660 bits per heavy atom. The topological polar surface area (TPSA) is 267 Å². The molecule has 0 bridgehead atoms. The molecule has 2 rings (SSSR count). The average molecular weight is 741 g/mol. The molecule has 0 unspecified atom stereocenters. The molecule has 21 heteroatoms. The van der Waals surface area contributed by atoms with Crippen LogP contribution in [0, 0.1) is 0 Å². The number of hydrogen-bond acceptors (Lipinski definition) is 18. The summed E-state index contributed by atoms with van der Waals surface area (Å²) >= 11 is 0. The van der Waals surface area contributed by atoms with Crippen LogP contribution >= 0.6 is 7.60 Å². The van der Waals surface area contributed by atoms with Gasteiger partial charge in [-0.05, 0) is 13.8 Å². The monoisotopic (exact) mass is 740 g/mol. The van der Waals surface area contributed by atoms with Crippen LogP contribution in [0.3, 0.4) is 0 Å². The van der Waals surface area contributed by atoms with E-state index in [0.29, 0.717) is 0 Å². The fourth-order valence-corrected chi connectivity index (χ4v) is 7.23. The molecule has 10 atom stereocenters. The van der Waals surface area contributed by atoms with Gasteiger partial charge >= 0.3 is 37.4 Å². The third-order valence-corrected chi connectivity index (χ3v) is 9.05. The Bertz CT molecular complexity index is 1300. The van der Waals surface area contributed by atoms with Crippen molar-refractivity contribution < 1.29 is 85.1 Å². The van der Waals surface area contributed by atoms with Crippen molar-refractivity contribution in [2.75, 3.05) is 26.0 Å². The van der Waals surface area contributed by atoms with E-state index in [1.165, 1.54) is 13.8 Å². The Hall–Kier alpha value is -3.68. The van der Waals surface area contributed by atoms with E-state index in [2.05, 4.69) is 5.32 Å². The zero-order valence-electron chi connectivity index (χ0n) is 29.0. The molecule has 0 aromatic heterocycles. The second-order valence-corrected chi connectivity index (χ2v) is 13.2. The summed E-state index contributed by atoms with van der Waals surface area (Å²) in [5.74, 6) is -6.28. The second-order valence-electron chi connectivity index (χ2n) is 11.1. The van der Waals surface area contributed by atoms with Gasteiger partial charge in [0.2, 0.25) is 5.91 Å². The van der Waals surface area contributed by atoms with Crippen molar-refractivity contribution in [2.45, 2.75) is 117 Å². The predicted molar refractivity (Wildman–Crippen MR) is 164 cm³/mol. The van der Waals surface area contributed by atoms with Crippen LogP contribution in [0.15, 0.2) is 0 Å². The number of rotatable bonds is 16. The number of carbonyl (C=O) groups excluding carboxylic acids is 7. The smallest absolute Gasteiger partial charge is 0.333 e. The summed E-state index contributed by atoms with van der Waals surface area (Å²) in [5, 5.41) is 2.52. The minimum atomic E-state index is -4.07. The Morgan fingerprint density at radius 2 is 1.16 bits per heavy atom. The van der Waals surface area contributed by atoms with E-state index in [0.717, 1.165) is 41.5 Å². The summed E-state index contributed by atoms with van der Waals surface area (Å²) in [6.07, 6.45) is -15.4. The zero-order chi connectivity index (χ0) is 37.9. The lowest BCUT2D eigenvalue weighted by atomic mass is 9.93. The van der Waals surface area contributed by atoms with Crippen molar-refractivity contribution >= 4 is 49.3 Å². The summed E-state index contributed by atoms with van der Waals surface area (Å²) < 4.78 is 69.8. The normalized spacial score (nSPS) is 29.5. The molecule has 3 N–H and O–H groups in total. The van der Waals surface area contributed by atoms with Gasteiger partial charge in [-0.25, -0.2) is 0 Å². The van der Waals surface area contributed by atoms with Crippen LogP contribution in [0.4, 0.5) is 0 Å². The first kappa shape index (κ1) is 42.5. The molecule has 0 saturated carbocycles. The van der Waals surface area contributed by atoms with Gasteiger partial charge in [-0.3, -0.25) is 38.1 Å². The van der Waals surface area contributed by atoms with Crippen molar-refractivity contribution in [1.82, 2.24) is 5.32 Å². The van der Waals surface area contributed by atoms with E-state index < -0.39 is 123 Å². The first-order valence-corrected chi connectivity index (χ1v) is 17.3. The zero-order valence-corrected chi connectivity index (χ0v) is 29.9. The molecule has 0 aromatic carbocycles. The van der Waals surface area contributed by atoms with Gasteiger partial charge in [0, 0.05) is 41.5 Å². The predicted octanol–water partition coefficient (Wildman–Crippen LogP) is -0.590. The molecule has 2 fully saturated rings. The average Bonchev–Trinajstić information content (AvgIpc) is 2.96. The summed E-state index contributed by atoms with van der Waals surface area (Å²) in [6.45, 7) is 8.61. The molecular formula is C29H45N2O18P. The highest BCUT2D eigenvalue weighted by atomic mass is 31.2. The molecule has 2 saturated heterocycles. The third-order valence-electron chi connectivity index (χ3n) is 6.94. The van der Waals surface area contributed by atoms with Gasteiger partial charge in [-0.2, -0.15) is 0 Å². The molecular weight excluding hydrogens is 695 g/mol. The molecule has 2 aliphatic rings. The minimum absolute atomic E-state index is 0.0893. The summed E-state index contributed by atoms with van der Waals surface area (Å²) in [6, 6.07) is -1.51. The molecule has 0 aromatic rings. The Morgan fingerprint density at radius 3 is 1.62 bits per heavy atom. The summed E-state index contributed by atoms with van der Waals surface area (Å²) in [5.41, 5.74) is 5.60. The standard InChI is InChI=1S/C29H45N2O18P/c1-9-41-50(39,42-10-2)12-20-23(25(45-17(7)36)26(46-18(8)37)27(47-20)28(30)38)49-29-21(31-13(3)32)24(44-16(6)35)22(43-15(5)34)19(48-29)11-40-14(4)33/h19-27,29H,9-12H2,1-8H3,(H2,30,38)(H,31,32)/t19-,20-,21-,22-,23+,24-,25-,26-,27+,29+/m1/s1. The van der Waals surface area contributed by atoms with Crippen LogP contribution in [0.25, 0.3) is 0 Å². The maximum absolute atomic E-state index is 13.8. The van der Waals surface area contributed by atoms with Crippen molar-refractivity contribution in [3.63, 3.8) is 0 Å². The van der Waals surface area contributed by atoms with Crippen LogP contribution in [-0.4, -0.2) is 129 Å². The van der Waals surface area contributed by atoms with Gasteiger partial charge in [0.05, 0.1) is 19.4 Å². The number of amides is 2. The van der Waals surface area contributed by atoms with Crippen LogP contribution in [0.1, 0.15) is 55.4 Å². The molecule has 2 amide bonds. The fourth-order valence-electron chi connectivity index (χ4n) is 5.42. The molecule has 50 heavy (non-hydrogen) atoms. The lowest BCUT2D eigenvalue weighted by Crippen LogP contribution is -2.70. The lowest BCUT2D eigenvalue weighted by Gasteiger charge is -2.49. The molecule has 0 spiro atoms. The number of primary amides is 1. The van der Waals surface area contributed by atoms with E-state index in [9.17, 15) is 38.1 Å². The number of carbonyl (C=O) groups is 7. The lowest BCUT2D eigenvalue weighted by molar-refractivity contribution is -0.320. The van der Waals surface area contributed by atoms with Gasteiger partial charge < -0.3 is 58.0 Å². The first-order valence-electron chi connectivity index (χ1n) is 15.5. The number of nitrogens with two attached hydrogens (primary N) is 1. The first-order chi connectivity index (χ1) is 23.3. The largest absolute Gasteiger partial charge is 0.463 e. The molecule has 0 aliphatic carbocycles. The van der Waals surface area contributed by atoms with E-state index in [1.54, 1.807) is 0 Å². The van der Waals surface area contributed by atoms with E-state index in [-0.39, 0.29) is 13.2 Å². The maximum atomic E-state index is 13.8. The van der Waals surface area contributed by atoms with Gasteiger partial charge in [0.1, 0.15) is 31.0 Å². The molecule has 0 radical (unpaired) electrons. The third kappa shape index (κ3) is 12.3. The highest BCUT2D eigenvalue weighted by Gasteiger charge is 2.58. The van der Waals surface area contributed by atoms with Gasteiger partial charge in [-0.1, -0.05) is 0 Å². The molecule has 2 aliphatic heterocycles. The molecule has 20 nitrogen and oxygen atoms in total. The summed E-state index contributed by atoms with van der Waals surface area (Å²) in [7, 11) is -4.07. The van der Waals surface area contributed by atoms with Crippen LogP contribution < -0.4 is 11.1 Å². The highest BCUT2D eigenvalue weighted by Crippen LogP contribution is 2.51. The SMILES string of the molecule is CCOP(=O)(C[C@H]1O[C@H](C(N)=O)[C@H](OC(C)=O)[C@H](OC(C)=O)[C@H]1O[C@@H]1O[C@H](COC(C)=O)[C@@H](OC(C)=O)[C@H](OC(C)=O)[C@H]1NC(C)=O)OCC. The number of ether oxygens (including phenoxy) is 8. The maximum Gasteiger partial charge on any atom is 0.333 e. The van der Waals surface area contributed by atoms with Gasteiger partial charge in [0.25, 0.3) is 5.91 Å². The van der Waals surface area contributed by atoms with Crippen LogP contribution in [0.2, 0.25) is 0 Å². The number of esters is 5. The Kier molecular flexibility index (Phi) is 16.2. The summed E-state index contributed by atoms with van der Waals surface area (Å²) in [4.78, 5) is 86.0. The van der Waals surface area contributed by atoms with Crippen molar-refractivity contribution in [1.29, 1.82) is 0 Å².